The lowest BCUT2D eigenvalue weighted by Crippen LogP contribution is -2.46. The van der Waals surface area contributed by atoms with Crippen molar-refractivity contribution in [2.45, 2.75) is 67.1 Å². The molecule has 0 aliphatic heterocycles. The topological polar surface area (TPSA) is 32.3 Å². The van der Waals surface area contributed by atoms with Crippen LogP contribution in [0.25, 0.3) is 0 Å². The zero-order chi connectivity index (χ0) is 16.1. The number of rotatable bonds is 6. The molecule has 2 saturated carbocycles. The Morgan fingerprint density at radius 3 is 2.50 bits per heavy atom. The highest BCUT2D eigenvalue weighted by Crippen LogP contribution is 2.42. The number of alkyl halides is 2. The van der Waals surface area contributed by atoms with Gasteiger partial charge in [-0.25, -0.2) is 0 Å². The highest BCUT2D eigenvalue weighted by atomic mass is 35.5. The molecule has 7 atom stereocenters. The molecule has 2 nitrogen and oxygen atoms in total. The molecule has 5 heteroatoms. The van der Waals surface area contributed by atoms with Crippen LogP contribution in [0, 0.1) is 17.8 Å². The van der Waals surface area contributed by atoms with Crippen molar-refractivity contribution in [1.82, 2.24) is 5.32 Å². The van der Waals surface area contributed by atoms with Gasteiger partial charge in [0.1, 0.15) is 0 Å². The molecule has 2 aliphatic rings. The van der Waals surface area contributed by atoms with E-state index in [4.69, 9.17) is 23.2 Å². The number of aliphatic hydroxyl groups is 1. The smallest absolute Gasteiger partial charge is 0.0621 e. The lowest BCUT2D eigenvalue weighted by atomic mass is 9.71. The van der Waals surface area contributed by atoms with Gasteiger partial charge in [-0.15, -0.1) is 23.2 Å². The fourth-order valence-corrected chi connectivity index (χ4v) is 6.06. The first kappa shape index (κ1) is 19.2. The molecule has 0 aromatic heterocycles. The third kappa shape index (κ3) is 4.69. The van der Waals surface area contributed by atoms with Crippen molar-refractivity contribution < 1.29 is 5.11 Å². The Hall–Kier alpha value is 0.850. The first-order valence-corrected chi connectivity index (χ1v) is 10.9. The van der Waals surface area contributed by atoms with Gasteiger partial charge in [-0.3, -0.25) is 0 Å². The van der Waals surface area contributed by atoms with E-state index in [1.807, 2.05) is 18.8 Å². The molecule has 130 valence electrons. The monoisotopic (exact) mass is 367 g/mol. The van der Waals surface area contributed by atoms with Gasteiger partial charge in [0.2, 0.25) is 0 Å². The Kier molecular flexibility index (Phi) is 8.16. The van der Waals surface area contributed by atoms with Crippen molar-refractivity contribution in [1.29, 1.82) is 0 Å². The number of nitrogens with one attached hydrogen (secondary N) is 1. The first-order valence-electron chi connectivity index (χ1n) is 8.72. The number of halogens is 2. The third-order valence-electron chi connectivity index (χ3n) is 5.71. The van der Waals surface area contributed by atoms with Gasteiger partial charge in [-0.05, 0) is 57.2 Å². The maximum Gasteiger partial charge on any atom is 0.0621 e. The minimum absolute atomic E-state index is 0.0506. The van der Waals surface area contributed by atoms with Crippen molar-refractivity contribution in [3.8, 4) is 0 Å². The quantitative estimate of drug-likeness (QED) is 0.692. The van der Waals surface area contributed by atoms with E-state index in [1.165, 1.54) is 25.7 Å². The van der Waals surface area contributed by atoms with E-state index in [2.05, 4.69) is 11.6 Å². The SMILES string of the molecule is CNC[C@H](C1CCC(Cl)C(Cl)C1)[C@@H](O)C1CCCCC1SC. The Morgan fingerprint density at radius 1 is 1.14 bits per heavy atom. The fraction of sp³-hybridized carbons (Fsp3) is 1.00. The number of hydrogen-bond donors (Lipinski definition) is 2. The summed E-state index contributed by atoms with van der Waals surface area (Å²) in [6.45, 7) is 0.875. The summed E-state index contributed by atoms with van der Waals surface area (Å²) in [5.74, 6) is 1.22. The first-order chi connectivity index (χ1) is 10.6. The number of aliphatic hydroxyl groups excluding tert-OH is 1. The lowest BCUT2D eigenvalue weighted by Gasteiger charge is -2.42. The molecule has 2 fully saturated rings. The van der Waals surface area contributed by atoms with Gasteiger partial charge in [0.05, 0.1) is 11.5 Å². The molecule has 0 saturated heterocycles. The molecule has 2 N–H and O–H groups in total. The van der Waals surface area contributed by atoms with E-state index >= 15 is 0 Å². The van der Waals surface area contributed by atoms with Crippen LogP contribution in [0.1, 0.15) is 44.9 Å². The molecule has 0 spiro atoms. The zero-order valence-electron chi connectivity index (χ0n) is 13.8. The molecule has 2 rings (SSSR count). The maximum atomic E-state index is 11.1. The molecule has 0 aromatic rings. The van der Waals surface area contributed by atoms with E-state index < -0.39 is 0 Å². The van der Waals surface area contributed by atoms with Gasteiger partial charge in [-0.2, -0.15) is 11.8 Å². The van der Waals surface area contributed by atoms with Gasteiger partial charge >= 0.3 is 0 Å². The molecule has 0 aromatic carbocycles. The summed E-state index contributed by atoms with van der Waals surface area (Å²) in [6.07, 6.45) is 9.98. The predicted molar refractivity (Wildman–Crippen MR) is 99.3 cm³/mol. The van der Waals surface area contributed by atoms with Crippen LogP contribution in [0.15, 0.2) is 0 Å². The van der Waals surface area contributed by atoms with Crippen molar-refractivity contribution in [2.24, 2.45) is 17.8 Å². The molecule has 0 heterocycles. The summed E-state index contributed by atoms with van der Waals surface area (Å²) >= 11 is 14.6. The van der Waals surface area contributed by atoms with Gasteiger partial charge < -0.3 is 10.4 Å². The predicted octanol–water partition coefficient (Wildman–Crippen LogP) is 4.12. The second-order valence-electron chi connectivity index (χ2n) is 7.04. The van der Waals surface area contributed by atoms with E-state index in [1.54, 1.807) is 0 Å². The highest BCUT2D eigenvalue weighted by Gasteiger charge is 2.40. The standard InChI is InChI=1S/C17H31Cl2NOS/c1-20-10-13(11-7-8-14(18)15(19)9-11)17(21)12-5-3-4-6-16(12)22-2/h11-17,20-21H,3-10H2,1-2H3/t11?,12?,13-,14?,15?,16?,17+/m1/s1. The van der Waals surface area contributed by atoms with Gasteiger partial charge in [0.15, 0.2) is 0 Å². The summed E-state index contributed by atoms with van der Waals surface area (Å²) in [4.78, 5) is 0. The van der Waals surface area contributed by atoms with E-state index in [9.17, 15) is 5.11 Å². The van der Waals surface area contributed by atoms with Gasteiger partial charge in [0, 0.05) is 23.1 Å². The van der Waals surface area contributed by atoms with Crippen LogP contribution in [0.3, 0.4) is 0 Å². The van der Waals surface area contributed by atoms with E-state index in [0.29, 0.717) is 23.0 Å². The highest BCUT2D eigenvalue weighted by molar-refractivity contribution is 7.99. The average Bonchev–Trinajstić information content (AvgIpc) is 2.54. The third-order valence-corrected chi connectivity index (χ3v) is 8.04. The molecule has 5 unspecified atom stereocenters. The van der Waals surface area contributed by atoms with Crippen LogP contribution in [-0.2, 0) is 0 Å². The summed E-state index contributed by atoms with van der Waals surface area (Å²) in [6, 6.07) is 0. The van der Waals surface area contributed by atoms with Crippen LogP contribution in [0.2, 0.25) is 0 Å². The van der Waals surface area contributed by atoms with Crippen molar-refractivity contribution >= 4 is 35.0 Å². The van der Waals surface area contributed by atoms with E-state index in [0.717, 1.165) is 25.8 Å². The second-order valence-corrected chi connectivity index (χ2v) is 9.24. The average molecular weight is 368 g/mol. The van der Waals surface area contributed by atoms with Gasteiger partial charge in [0.25, 0.3) is 0 Å². The molecular weight excluding hydrogens is 337 g/mol. The van der Waals surface area contributed by atoms with Crippen LogP contribution in [-0.4, -0.2) is 47.1 Å². The van der Waals surface area contributed by atoms with E-state index in [-0.39, 0.29) is 16.9 Å². The van der Waals surface area contributed by atoms with Crippen LogP contribution >= 0.6 is 35.0 Å². The Balaban J connectivity index is 2.05. The van der Waals surface area contributed by atoms with Crippen LogP contribution < -0.4 is 5.32 Å². The molecule has 0 radical (unpaired) electrons. The van der Waals surface area contributed by atoms with Crippen molar-refractivity contribution in [3.05, 3.63) is 0 Å². The largest absolute Gasteiger partial charge is 0.392 e. The summed E-state index contributed by atoms with van der Waals surface area (Å²) in [5.41, 5.74) is 0. The van der Waals surface area contributed by atoms with Crippen molar-refractivity contribution in [3.63, 3.8) is 0 Å². The normalized spacial score (nSPS) is 39.4. The minimum Gasteiger partial charge on any atom is -0.392 e. The molecule has 0 bridgehead atoms. The summed E-state index contributed by atoms with van der Waals surface area (Å²) < 4.78 is 0. The van der Waals surface area contributed by atoms with Crippen molar-refractivity contribution in [2.75, 3.05) is 19.8 Å². The molecule has 0 amide bonds. The summed E-state index contributed by atoms with van der Waals surface area (Å²) in [7, 11) is 1.98. The van der Waals surface area contributed by atoms with Crippen LogP contribution in [0.5, 0.6) is 0 Å². The number of hydrogen-bond acceptors (Lipinski definition) is 3. The Bertz CT molecular complexity index is 334. The van der Waals surface area contributed by atoms with Crippen LogP contribution in [0.4, 0.5) is 0 Å². The molecular formula is C17H31Cl2NOS. The second kappa shape index (κ2) is 9.36. The molecule has 2 aliphatic carbocycles. The molecule has 22 heavy (non-hydrogen) atoms. The maximum absolute atomic E-state index is 11.1. The Morgan fingerprint density at radius 2 is 1.86 bits per heavy atom. The fourth-order valence-electron chi connectivity index (χ4n) is 4.43. The minimum atomic E-state index is -0.217. The summed E-state index contributed by atoms with van der Waals surface area (Å²) in [5, 5.41) is 15.2. The zero-order valence-corrected chi connectivity index (χ0v) is 16.1. The number of thioether (sulfide) groups is 1. The Labute approximate surface area is 150 Å². The lowest BCUT2D eigenvalue weighted by molar-refractivity contribution is 0.00485. The van der Waals surface area contributed by atoms with Gasteiger partial charge in [-0.1, -0.05) is 12.8 Å².